The zero-order chi connectivity index (χ0) is 17.6. The van der Waals surface area contributed by atoms with Crippen molar-refractivity contribution in [3.8, 4) is 0 Å². The molecule has 0 saturated carbocycles. The SMILES string of the molecule is O=C(NCCN1C(=O)S/C(=C/c2ccccc2)C1=O)C1CC=CCC1. The Morgan fingerprint density at radius 3 is 2.76 bits per heavy atom. The lowest BCUT2D eigenvalue weighted by Crippen LogP contribution is -2.39. The molecule has 130 valence electrons. The van der Waals surface area contributed by atoms with E-state index >= 15 is 0 Å². The summed E-state index contributed by atoms with van der Waals surface area (Å²) in [7, 11) is 0. The van der Waals surface area contributed by atoms with Crippen LogP contribution in [0.3, 0.4) is 0 Å². The van der Waals surface area contributed by atoms with E-state index < -0.39 is 0 Å². The van der Waals surface area contributed by atoms with Crippen LogP contribution in [0, 0.1) is 5.92 Å². The number of hydrogen-bond acceptors (Lipinski definition) is 4. The summed E-state index contributed by atoms with van der Waals surface area (Å²) in [6.45, 7) is 0.487. The first-order valence-electron chi connectivity index (χ1n) is 8.38. The molecule has 1 aromatic carbocycles. The van der Waals surface area contributed by atoms with Gasteiger partial charge in [-0.3, -0.25) is 19.3 Å². The average molecular weight is 356 g/mol. The second-order valence-electron chi connectivity index (χ2n) is 6.02. The molecule has 1 heterocycles. The van der Waals surface area contributed by atoms with E-state index in [1.807, 2.05) is 36.4 Å². The number of carbonyl (C=O) groups excluding carboxylic acids is 3. The molecule has 0 spiro atoms. The van der Waals surface area contributed by atoms with Crippen molar-refractivity contribution in [1.82, 2.24) is 10.2 Å². The predicted molar refractivity (Wildman–Crippen MR) is 98.6 cm³/mol. The van der Waals surface area contributed by atoms with Gasteiger partial charge in [-0.05, 0) is 42.7 Å². The van der Waals surface area contributed by atoms with Crippen LogP contribution >= 0.6 is 11.8 Å². The Morgan fingerprint density at radius 1 is 1.24 bits per heavy atom. The van der Waals surface area contributed by atoms with Crippen molar-refractivity contribution in [2.24, 2.45) is 5.92 Å². The Kier molecular flexibility index (Phi) is 5.71. The minimum absolute atomic E-state index is 0.00195. The van der Waals surface area contributed by atoms with Gasteiger partial charge in [0.2, 0.25) is 5.91 Å². The van der Waals surface area contributed by atoms with Gasteiger partial charge in [-0.15, -0.1) is 0 Å². The molecule has 1 aliphatic heterocycles. The molecule has 1 N–H and O–H groups in total. The number of benzene rings is 1. The highest BCUT2D eigenvalue weighted by molar-refractivity contribution is 8.18. The van der Waals surface area contributed by atoms with Crippen LogP contribution in [0.15, 0.2) is 47.4 Å². The number of imide groups is 1. The molecule has 1 aromatic rings. The number of carbonyl (C=O) groups is 3. The first kappa shape index (κ1) is 17.5. The third-order valence-electron chi connectivity index (χ3n) is 4.25. The van der Waals surface area contributed by atoms with Gasteiger partial charge >= 0.3 is 0 Å². The molecule has 1 atom stereocenters. The molecule has 5 nitrogen and oxygen atoms in total. The number of allylic oxidation sites excluding steroid dienone is 2. The number of thioether (sulfide) groups is 1. The third kappa shape index (κ3) is 4.39. The van der Waals surface area contributed by atoms with E-state index in [-0.39, 0.29) is 36.1 Å². The lowest BCUT2D eigenvalue weighted by Gasteiger charge is -2.18. The third-order valence-corrected chi connectivity index (χ3v) is 5.15. The van der Waals surface area contributed by atoms with Crippen LogP contribution in [0.25, 0.3) is 6.08 Å². The molecule has 0 aromatic heterocycles. The molecule has 2 aliphatic rings. The van der Waals surface area contributed by atoms with Crippen molar-refractivity contribution in [2.75, 3.05) is 13.1 Å². The summed E-state index contributed by atoms with van der Waals surface area (Å²) in [6.07, 6.45) is 8.36. The molecule has 0 radical (unpaired) electrons. The molecule has 3 amide bonds. The maximum Gasteiger partial charge on any atom is 0.293 e. The Morgan fingerprint density at radius 2 is 2.04 bits per heavy atom. The minimum atomic E-state index is -0.297. The van der Waals surface area contributed by atoms with Gasteiger partial charge in [-0.2, -0.15) is 0 Å². The minimum Gasteiger partial charge on any atom is -0.354 e. The van der Waals surface area contributed by atoms with Gasteiger partial charge in [0.15, 0.2) is 0 Å². The highest BCUT2D eigenvalue weighted by Gasteiger charge is 2.34. The zero-order valence-corrected chi connectivity index (χ0v) is 14.6. The Hall–Kier alpha value is -2.34. The lowest BCUT2D eigenvalue weighted by molar-refractivity contribution is -0.126. The summed E-state index contributed by atoms with van der Waals surface area (Å²) in [4.78, 5) is 38.2. The summed E-state index contributed by atoms with van der Waals surface area (Å²) >= 11 is 0.940. The van der Waals surface area contributed by atoms with E-state index in [9.17, 15) is 14.4 Å². The lowest BCUT2D eigenvalue weighted by atomic mass is 9.94. The summed E-state index contributed by atoms with van der Waals surface area (Å²) < 4.78 is 0. The summed E-state index contributed by atoms with van der Waals surface area (Å²) in [5, 5.41) is 2.55. The Balaban J connectivity index is 1.53. The predicted octanol–water partition coefficient (Wildman–Crippen LogP) is 3.20. The summed E-state index contributed by atoms with van der Waals surface area (Å²) in [5.41, 5.74) is 0.881. The van der Waals surface area contributed by atoms with Gasteiger partial charge in [-0.1, -0.05) is 42.5 Å². The van der Waals surface area contributed by atoms with E-state index in [2.05, 4.69) is 11.4 Å². The topological polar surface area (TPSA) is 66.5 Å². The maximum atomic E-state index is 12.4. The number of hydrogen-bond donors (Lipinski definition) is 1. The van der Waals surface area contributed by atoms with Gasteiger partial charge < -0.3 is 5.32 Å². The van der Waals surface area contributed by atoms with Crippen LogP contribution in [0.4, 0.5) is 4.79 Å². The molecule has 25 heavy (non-hydrogen) atoms. The number of nitrogens with zero attached hydrogens (tertiary/aromatic N) is 1. The number of nitrogens with one attached hydrogen (secondary N) is 1. The fourth-order valence-electron chi connectivity index (χ4n) is 2.86. The Labute approximate surface area is 151 Å². The van der Waals surface area contributed by atoms with Crippen LogP contribution < -0.4 is 5.32 Å². The highest BCUT2D eigenvalue weighted by atomic mass is 32.2. The van der Waals surface area contributed by atoms with Crippen LogP contribution in [-0.2, 0) is 9.59 Å². The fourth-order valence-corrected chi connectivity index (χ4v) is 3.73. The molecule has 6 heteroatoms. The van der Waals surface area contributed by atoms with E-state index in [1.54, 1.807) is 6.08 Å². The second kappa shape index (κ2) is 8.16. The first-order valence-corrected chi connectivity index (χ1v) is 9.20. The van der Waals surface area contributed by atoms with Crippen molar-refractivity contribution >= 4 is 34.9 Å². The van der Waals surface area contributed by atoms with E-state index in [0.29, 0.717) is 4.91 Å². The first-order chi connectivity index (χ1) is 12.1. The standard InChI is InChI=1S/C19H20N2O3S/c22-17(15-9-5-2-6-10-15)20-11-12-21-18(23)16(25-19(21)24)13-14-7-3-1-4-8-14/h1-5,7-8,13,15H,6,9-12H2,(H,20,22)/b16-13+. The van der Waals surface area contributed by atoms with Crippen molar-refractivity contribution in [1.29, 1.82) is 0 Å². The maximum absolute atomic E-state index is 12.4. The summed E-state index contributed by atoms with van der Waals surface area (Å²) in [6, 6.07) is 9.42. The highest BCUT2D eigenvalue weighted by Crippen LogP contribution is 2.31. The molecule has 1 saturated heterocycles. The molecule has 1 aliphatic carbocycles. The quantitative estimate of drug-likeness (QED) is 0.650. The molecule has 1 unspecified atom stereocenters. The Bertz CT molecular complexity index is 727. The average Bonchev–Trinajstić information content (AvgIpc) is 2.90. The van der Waals surface area contributed by atoms with Crippen molar-refractivity contribution in [2.45, 2.75) is 19.3 Å². The largest absolute Gasteiger partial charge is 0.354 e. The van der Waals surface area contributed by atoms with E-state index in [1.165, 1.54) is 4.90 Å². The smallest absolute Gasteiger partial charge is 0.293 e. The van der Waals surface area contributed by atoms with Crippen molar-refractivity contribution < 1.29 is 14.4 Å². The number of rotatable bonds is 5. The monoisotopic (exact) mass is 356 g/mol. The van der Waals surface area contributed by atoms with Gasteiger partial charge in [0.25, 0.3) is 11.1 Å². The van der Waals surface area contributed by atoms with Crippen molar-refractivity contribution in [3.63, 3.8) is 0 Å². The molecule has 3 rings (SSSR count). The van der Waals surface area contributed by atoms with Gasteiger partial charge in [0, 0.05) is 19.0 Å². The second-order valence-corrected chi connectivity index (χ2v) is 7.01. The molecule has 1 fully saturated rings. The van der Waals surface area contributed by atoms with Crippen LogP contribution in [0.2, 0.25) is 0 Å². The van der Waals surface area contributed by atoms with Gasteiger partial charge in [0.05, 0.1) is 4.91 Å². The zero-order valence-electron chi connectivity index (χ0n) is 13.8. The molecular weight excluding hydrogens is 336 g/mol. The summed E-state index contributed by atoms with van der Waals surface area (Å²) in [5.74, 6) is -0.303. The normalized spacial score (nSPS) is 21.8. The van der Waals surface area contributed by atoms with E-state index in [0.717, 1.165) is 36.6 Å². The van der Waals surface area contributed by atoms with Crippen molar-refractivity contribution in [3.05, 3.63) is 53.0 Å². The molecule has 0 bridgehead atoms. The number of amides is 3. The van der Waals surface area contributed by atoms with Crippen LogP contribution in [0.1, 0.15) is 24.8 Å². The van der Waals surface area contributed by atoms with E-state index in [4.69, 9.17) is 0 Å². The molecular formula is C19H20N2O3S. The van der Waals surface area contributed by atoms with Gasteiger partial charge in [0.1, 0.15) is 0 Å². The fraction of sp³-hybridized carbons (Fsp3) is 0.316. The van der Waals surface area contributed by atoms with Crippen LogP contribution in [-0.4, -0.2) is 35.0 Å². The van der Waals surface area contributed by atoms with Gasteiger partial charge in [-0.25, -0.2) is 0 Å². The van der Waals surface area contributed by atoms with Crippen LogP contribution in [0.5, 0.6) is 0 Å².